The van der Waals surface area contributed by atoms with Crippen LogP contribution in [0.3, 0.4) is 0 Å². The van der Waals surface area contributed by atoms with E-state index < -0.39 is 0 Å². The molecule has 0 saturated heterocycles. The lowest BCUT2D eigenvalue weighted by atomic mass is 9.88. The molecular weight excluding hydrogens is 601 g/mol. The second-order valence-corrected chi connectivity index (χ2v) is 14.6. The number of benzene rings is 7. The maximum Gasteiger partial charge on any atom is 0.145 e. The largest absolute Gasteiger partial charge is 0.292 e. The number of imidazole rings is 1. The van der Waals surface area contributed by atoms with Crippen LogP contribution < -0.4 is 0 Å². The van der Waals surface area contributed by atoms with Crippen LogP contribution in [0.15, 0.2) is 133 Å². The third-order valence-corrected chi connectivity index (χ3v) is 11.1. The minimum absolute atomic E-state index is 0.322. The van der Waals surface area contributed by atoms with Crippen LogP contribution in [0, 0.1) is 0 Å². The Kier molecular flexibility index (Phi) is 6.74. The van der Waals surface area contributed by atoms with Gasteiger partial charge in [0.25, 0.3) is 0 Å². The fraction of sp³-hybridized carbons (Fsp3) is 0.133. The summed E-state index contributed by atoms with van der Waals surface area (Å²) in [5, 5.41) is 7.82. The number of hydrogen-bond acceptors (Lipinski definition) is 2. The van der Waals surface area contributed by atoms with E-state index in [4.69, 9.17) is 4.98 Å². The van der Waals surface area contributed by atoms with Gasteiger partial charge in [0.05, 0.1) is 16.7 Å². The molecular formula is C45H36N2S. The molecule has 0 aliphatic rings. The van der Waals surface area contributed by atoms with E-state index in [0.717, 1.165) is 22.4 Å². The van der Waals surface area contributed by atoms with Crippen molar-refractivity contribution in [3.8, 4) is 28.2 Å². The minimum atomic E-state index is 0.322. The van der Waals surface area contributed by atoms with Gasteiger partial charge in [-0.05, 0) is 92.7 Å². The van der Waals surface area contributed by atoms with Crippen LogP contribution in [-0.2, 0) is 0 Å². The van der Waals surface area contributed by atoms with E-state index >= 15 is 0 Å². The highest BCUT2D eigenvalue weighted by Crippen LogP contribution is 2.44. The molecule has 0 radical (unpaired) electrons. The maximum absolute atomic E-state index is 5.36. The smallest absolute Gasteiger partial charge is 0.145 e. The number of thiophene rings is 1. The zero-order valence-corrected chi connectivity index (χ0v) is 28.5. The lowest BCUT2D eigenvalue weighted by Crippen LogP contribution is -2.09. The van der Waals surface area contributed by atoms with Crippen LogP contribution in [-0.4, -0.2) is 9.55 Å². The quantitative estimate of drug-likeness (QED) is 0.172. The van der Waals surface area contributed by atoms with Gasteiger partial charge in [-0.3, -0.25) is 4.57 Å². The Bertz CT molecular complexity index is 2640. The molecule has 7 aromatic carbocycles. The average Bonchev–Trinajstić information content (AvgIpc) is 3.69. The Balaban J connectivity index is 1.31. The van der Waals surface area contributed by atoms with E-state index in [9.17, 15) is 0 Å². The van der Waals surface area contributed by atoms with Gasteiger partial charge in [-0.2, -0.15) is 0 Å². The van der Waals surface area contributed by atoms with Crippen molar-refractivity contribution in [3.63, 3.8) is 0 Å². The average molecular weight is 637 g/mol. The molecule has 3 heteroatoms. The van der Waals surface area contributed by atoms with E-state index in [2.05, 4.69) is 166 Å². The fourth-order valence-electron chi connectivity index (χ4n) is 7.52. The highest BCUT2D eigenvalue weighted by molar-refractivity contribution is 7.26. The van der Waals surface area contributed by atoms with Crippen LogP contribution >= 0.6 is 11.3 Å². The lowest BCUT2D eigenvalue weighted by Gasteiger charge is -2.24. The van der Waals surface area contributed by atoms with Crippen molar-refractivity contribution in [1.29, 1.82) is 0 Å². The summed E-state index contributed by atoms with van der Waals surface area (Å²) in [4.78, 5) is 5.36. The van der Waals surface area contributed by atoms with Gasteiger partial charge in [0.15, 0.2) is 0 Å². The molecule has 0 bridgehead atoms. The van der Waals surface area contributed by atoms with Gasteiger partial charge in [-0.15, -0.1) is 11.3 Å². The van der Waals surface area contributed by atoms with Gasteiger partial charge < -0.3 is 0 Å². The van der Waals surface area contributed by atoms with Gasteiger partial charge in [-0.25, -0.2) is 4.98 Å². The molecule has 2 nitrogen and oxygen atoms in total. The van der Waals surface area contributed by atoms with Crippen LogP contribution in [0.1, 0.15) is 50.7 Å². The minimum Gasteiger partial charge on any atom is -0.292 e. The predicted molar refractivity (Wildman–Crippen MR) is 208 cm³/mol. The first kappa shape index (κ1) is 28.9. The summed E-state index contributed by atoms with van der Waals surface area (Å²) < 4.78 is 5.10. The van der Waals surface area contributed by atoms with E-state index in [0.29, 0.717) is 11.8 Å². The Morgan fingerprint density at radius 1 is 0.521 bits per heavy atom. The van der Waals surface area contributed by atoms with E-state index in [1.807, 2.05) is 11.3 Å². The summed E-state index contributed by atoms with van der Waals surface area (Å²) >= 11 is 1.89. The van der Waals surface area contributed by atoms with E-state index in [-0.39, 0.29) is 0 Å². The number of nitrogens with zero attached hydrogens (tertiary/aromatic N) is 2. The van der Waals surface area contributed by atoms with Gasteiger partial charge in [0.2, 0.25) is 0 Å². The SMILES string of the molecule is CC(C)c1cc(-c2ccccc2)cc(C(C)C)c1-n1c(-c2ccc3sc4c(ccc5c6ccccc6ccc54)c3c2)nc2ccccc21. The molecule has 2 aromatic heterocycles. The summed E-state index contributed by atoms with van der Waals surface area (Å²) in [6, 6.07) is 49.0. The third-order valence-electron chi connectivity index (χ3n) is 9.92. The zero-order chi connectivity index (χ0) is 32.5. The van der Waals surface area contributed by atoms with Crippen LogP contribution in [0.2, 0.25) is 0 Å². The predicted octanol–water partition coefficient (Wildman–Crippen LogP) is 13.3. The van der Waals surface area contributed by atoms with Crippen molar-refractivity contribution in [2.24, 2.45) is 0 Å². The number of fused-ring (bicyclic) bond motifs is 8. The maximum atomic E-state index is 5.36. The summed E-state index contributed by atoms with van der Waals surface area (Å²) in [6.45, 7) is 9.25. The molecule has 0 aliphatic carbocycles. The Morgan fingerprint density at radius 3 is 1.98 bits per heavy atom. The monoisotopic (exact) mass is 636 g/mol. The van der Waals surface area contributed by atoms with Gasteiger partial charge in [0.1, 0.15) is 5.82 Å². The molecule has 2 heterocycles. The third kappa shape index (κ3) is 4.49. The summed E-state index contributed by atoms with van der Waals surface area (Å²) in [6.07, 6.45) is 0. The Labute approximate surface area is 284 Å². The lowest BCUT2D eigenvalue weighted by molar-refractivity contribution is 0.811. The fourth-order valence-corrected chi connectivity index (χ4v) is 8.73. The van der Waals surface area contributed by atoms with Gasteiger partial charge in [-0.1, -0.05) is 119 Å². The first-order chi connectivity index (χ1) is 23.5. The van der Waals surface area contributed by atoms with Crippen LogP contribution in [0.5, 0.6) is 0 Å². The first-order valence-electron chi connectivity index (χ1n) is 16.9. The molecule has 0 fully saturated rings. The summed E-state index contributed by atoms with van der Waals surface area (Å²) in [5.41, 5.74) is 9.73. The topological polar surface area (TPSA) is 17.8 Å². The molecule has 48 heavy (non-hydrogen) atoms. The van der Waals surface area contributed by atoms with E-state index in [1.54, 1.807) is 0 Å². The van der Waals surface area contributed by atoms with Crippen molar-refractivity contribution >= 4 is 64.1 Å². The number of hydrogen-bond donors (Lipinski definition) is 0. The standard InChI is InChI=1S/C45H36N2S/c1-27(2)37-25-32(29-12-6-5-7-13-29)26-38(28(3)4)43(37)47-41-17-11-10-16-40(41)46-45(47)31-19-23-42-39(24-31)36-22-21-34-33-15-9-8-14-30(33)18-20-35(34)44(36)48-42/h5-28H,1-4H3. The summed E-state index contributed by atoms with van der Waals surface area (Å²) in [5.74, 6) is 1.63. The van der Waals surface area contributed by atoms with Crippen molar-refractivity contribution in [1.82, 2.24) is 9.55 Å². The number of para-hydroxylation sites is 2. The second kappa shape index (κ2) is 11.2. The van der Waals surface area contributed by atoms with Crippen molar-refractivity contribution in [2.75, 3.05) is 0 Å². The van der Waals surface area contributed by atoms with Crippen molar-refractivity contribution in [3.05, 3.63) is 145 Å². The van der Waals surface area contributed by atoms with E-state index in [1.165, 1.54) is 69.7 Å². The Morgan fingerprint density at radius 2 is 1.19 bits per heavy atom. The molecule has 0 aliphatic heterocycles. The molecule has 0 amide bonds. The Hall–Kier alpha value is -5.25. The molecule has 9 rings (SSSR count). The van der Waals surface area contributed by atoms with Crippen LogP contribution in [0.25, 0.3) is 81.0 Å². The van der Waals surface area contributed by atoms with Crippen LogP contribution in [0.4, 0.5) is 0 Å². The normalized spacial score (nSPS) is 12.1. The number of aromatic nitrogens is 2. The number of rotatable bonds is 5. The molecule has 0 saturated carbocycles. The van der Waals surface area contributed by atoms with Gasteiger partial charge in [0, 0.05) is 31.1 Å². The zero-order valence-electron chi connectivity index (χ0n) is 27.7. The molecule has 0 atom stereocenters. The highest BCUT2D eigenvalue weighted by atomic mass is 32.1. The molecule has 232 valence electrons. The second-order valence-electron chi connectivity index (χ2n) is 13.6. The highest BCUT2D eigenvalue weighted by Gasteiger charge is 2.24. The van der Waals surface area contributed by atoms with Crippen molar-refractivity contribution < 1.29 is 0 Å². The van der Waals surface area contributed by atoms with Crippen molar-refractivity contribution in [2.45, 2.75) is 39.5 Å². The molecule has 9 aromatic rings. The summed E-state index contributed by atoms with van der Waals surface area (Å²) in [7, 11) is 0. The molecule has 0 N–H and O–H groups in total. The molecule has 0 unspecified atom stereocenters. The molecule has 0 spiro atoms. The van der Waals surface area contributed by atoms with Gasteiger partial charge >= 0.3 is 0 Å². The first-order valence-corrected chi connectivity index (χ1v) is 17.8.